The lowest BCUT2D eigenvalue weighted by Crippen LogP contribution is -2.60. The van der Waals surface area contributed by atoms with E-state index >= 15 is 0 Å². The topological polar surface area (TPSA) is 117 Å². The number of benzene rings is 1. The minimum Gasteiger partial charge on any atom is -0.497 e. The number of carboxylic acid groups (broad SMARTS) is 1. The van der Waals surface area contributed by atoms with Crippen LogP contribution in [0.15, 0.2) is 29.8 Å². The number of carboxylic acids is 1. The van der Waals surface area contributed by atoms with E-state index in [9.17, 15) is 14.4 Å². The van der Waals surface area contributed by atoms with Gasteiger partial charge >= 0.3 is 5.97 Å². The third-order valence-corrected chi connectivity index (χ3v) is 6.16. The molecule has 3 N–H and O–H groups in total. The Morgan fingerprint density at radius 3 is 2.14 bits per heavy atom. The maximum Gasteiger partial charge on any atom is 0.331 e. The van der Waals surface area contributed by atoms with Crippen LogP contribution in [0.2, 0.25) is 0 Å². The third kappa shape index (κ3) is 7.45. The summed E-state index contributed by atoms with van der Waals surface area (Å²) in [5.41, 5.74) is -0.353. The molecular weight excluding hydrogens is 450 g/mol. The van der Waals surface area contributed by atoms with Crippen molar-refractivity contribution in [3.8, 4) is 11.5 Å². The maximum absolute atomic E-state index is 13.6. The molecule has 2 amide bonds. The van der Waals surface area contributed by atoms with Gasteiger partial charge in [-0.15, -0.1) is 0 Å². The lowest BCUT2D eigenvalue weighted by Gasteiger charge is -2.38. The van der Waals surface area contributed by atoms with Crippen LogP contribution < -0.4 is 20.1 Å². The van der Waals surface area contributed by atoms with Gasteiger partial charge in [0.2, 0.25) is 11.8 Å². The second kappa shape index (κ2) is 12.1. The first-order chi connectivity index (χ1) is 16.1. The van der Waals surface area contributed by atoms with Crippen LogP contribution in [0, 0.1) is 5.41 Å². The third-order valence-electron chi connectivity index (χ3n) is 6.16. The Hall–Kier alpha value is -3.07. The maximum atomic E-state index is 13.6. The molecule has 2 atom stereocenters. The predicted molar refractivity (Wildman–Crippen MR) is 136 cm³/mol. The molecule has 9 heteroatoms. The molecule has 1 aromatic carbocycles. The van der Waals surface area contributed by atoms with Gasteiger partial charge in [0.15, 0.2) is 0 Å². The van der Waals surface area contributed by atoms with E-state index in [1.165, 1.54) is 17.9 Å². The summed E-state index contributed by atoms with van der Waals surface area (Å²) < 4.78 is 10.9. The summed E-state index contributed by atoms with van der Waals surface area (Å²) in [5, 5.41) is 15.1. The van der Waals surface area contributed by atoms with Gasteiger partial charge < -0.3 is 30.1 Å². The molecule has 9 nitrogen and oxygen atoms in total. The minimum absolute atomic E-state index is 0.114. The first-order valence-electron chi connectivity index (χ1n) is 11.5. The molecule has 0 spiro atoms. The monoisotopic (exact) mass is 491 g/mol. The van der Waals surface area contributed by atoms with Crippen LogP contribution in [0.25, 0.3) is 0 Å². The van der Waals surface area contributed by atoms with E-state index < -0.39 is 28.9 Å². The van der Waals surface area contributed by atoms with E-state index in [1.54, 1.807) is 34.4 Å². The van der Waals surface area contributed by atoms with Crippen LogP contribution in [0.4, 0.5) is 0 Å². The molecule has 196 valence electrons. The van der Waals surface area contributed by atoms with Gasteiger partial charge in [-0.25, -0.2) is 4.79 Å². The fourth-order valence-electron chi connectivity index (χ4n) is 3.85. The second-order valence-corrected chi connectivity index (χ2v) is 10.2. The highest BCUT2D eigenvalue weighted by Gasteiger charge is 2.41. The van der Waals surface area contributed by atoms with Gasteiger partial charge in [0.25, 0.3) is 0 Å². The predicted octanol–water partition coefficient (Wildman–Crippen LogP) is 2.59. The van der Waals surface area contributed by atoms with E-state index in [0.717, 1.165) is 5.56 Å². The number of amides is 2. The van der Waals surface area contributed by atoms with Crippen LogP contribution in [-0.2, 0) is 19.8 Å². The second-order valence-electron chi connectivity index (χ2n) is 10.2. The Morgan fingerprint density at radius 1 is 1.09 bits per heavy atom. The first-order valence-corrected chi connectivity index (χ1v) is 11.5. The zero-order chi connectivity index (χ0) is 27.1. The zero-order valence-electron chi connectivity index (χ0n) is 22.6. The van der Waals surface area contributed by atoms with E-state index in [1.807, 2.05) is 46.8 Å². The summed E-state index contributed by atoms with van der Waals surface area (Å²) in [6, 6.07) is 3.93. The number of likely N-dealkylation sites (N-methyl/N-ethyl adjacent to an activating group) is 2. The number of nitrogens with zero attached hydrogens (tertiary/aromatic N) is 1. The molecule has 0 fully saturated rings. The highest BCUT2D eigenvalue weighted by Crippen LogP contribution is 2.37. The van der Waals surface area contributed by atoms with Crippen LogP contribution in [0.3, 0.4) is 0 Å². The zero-order valence-corrected chi connectivity index (χ0v) is 22.6. The van der Waals surface area contributed by atoms with Gasteiger partial charge in [0.1, 0.15) is 17.5 Å². The smallest absolute Gasteiger partial charge is 0.331 e. The van der Waals surface area contributed by atoms with Gasteiger partial charge in [-0.3, -0.25) is 9.59 Å². The molecule has 2 unspecified atom stereocenters. The lowest BCUT2D eigenvalue weighted by molar-refractivity contribution is -0.139. The number of carbonyl (C=O) groups excluding carboxylic acids is 2. The molecule has 0 heterocycles. The molecule has 0 saturated carbocycles. The van der Waals surface area contributed by atoms with Crippen LogP contribution in [0.5, 0.6) is 11.5 Å². The number of hydrogen-bond donors (Lipinski definition) is 3. The van der Waals surface area contributed by atoms with Crippen molar-refractivity contribution in [3.05, 3.63) is 35.4 Å². The van der Waals surface area contributed by atoms with Gasteiger partial charge in [-0.1, -0.05) is 46.8 Å². The highest BCUT2D eigenvalue weighted by atomic mass is 16.5. The Morgan fingerprint density at radius 2 is 1.69 bits per heavy atom. The fourth-order valence-corrected chi connectivity index (χ4v) is 3.85. The van der Waals surface area contributed by atoms with Gasteiger partial charge in [0.05, 0.1) is 20.3 Å². The number of carbonyl (C=O) groups is 3. The summed E-state index contributed by atoms with van der Waals surface area (Å²) in [5.74, 6) is -0.463. The summed E-state index contributed by atoms with van der Waals surface area (Å²) in [7, 11) is 6.42. The number of hydrogen-bond acceptors (Lipinski definition) is 6. The van der Waals surface area contributed by atoms with Crippen LogP contribution in [-0.4, -0.2) is 74.7 Å². The van der Waals surface area contributed by atoms with Crippen molar-refractivity contribution in [2.45, 2.75) is 59.0 Å². The number of ether oxygens (including phenoxy) is 2. The Labute approximate surface area is 208 Å². The van der Waals surface area contributed by atoms with Crippen molar-refractivity contribution in [1.82, 2.24) is 15.5 Å². The summed E-state index contributed by atoms with van der Waals surface area (Å²) in [6.45, 7) is 11.0. The Bertz CT molecular complexity index is 949. The van der Waals surface area contributed by atoms with Crippen LogP contribution >= 0.6 is 0 Å². The highest BCUT2D eigenvalue weighted by molar-refractivity contribution is 5.91. The SMILES string of the molecule is CNC(C(=O)NC(C(=O)N(C)C/C=C(\C)C(=O)O)C(C)(C)C)C(C)(C)c1ccc(OC)cc1OC. The van der Waals surface area contributed by atoms with Crippen molar-refractivity contribution in [2.24, 2.45) is 5.41 Å². The lowest BCUT2D eigenvalue weighted by atomic mass is 9.76. The molecule has 35 heavy (non-hydrogen) atoms. The van der Waals surface area contributed by atoms with Crippen LogP contribution in [0.1, 0.15) is 47.1 Å². The molecule has 0 saturated heterocycles. The van der Waals surface area contributed by atoms with Crippen molar-refractivity contribution in [1.29, 1.82) is 0 Å². The molecule has 0 aliphatic carbocycles. The molecule has 1 aromatic rings. The Balaban J connectivity index is 3.26. The summed E-state index contributed by atoms with van der Waals surface area (Å²) >= 11 is 0. The van der Waals surface area contributed by atoms with Gasteiger partial charge in [-0.2, -0.15) is 0 Å². The van der Waals surface area contributed by atoms with Gasteiger partial charge in [0, 0.05) is 36.2 Å². The summed E-state index contributed by atoms with van der Waals surface area (Å²) in [6.07, 6.45) is 1.47. The molecule has 0 aliphatic heterocycles. The standard InChI is InChI=1S/C26H41N3O6/c1-16(24(32)33)13-14-29(8)23(31)21(25(2,3)4)28-22(30)20(27-7)26(5,6)18-12-11-17(34-9)15-19(18)35-10/h11-13,15,20-21,27H,14H2,1-10H3,(H,28,30)(H,32,33)/b16-13+. The van der Waals surface area contributed by atoms with Crippen molar-refractivity contribution in [3.63, 3.8) is 0 Å². The first kappa shape index (κ1) is 30.0. The molecule has 1 rings (SSSR count). The number of rotatable bonds is 11. The normalized spacial score (nSPS) is 14.1. The minimum atomic E-state index is -1.04. The van der Waals surface area contributed by atoms with Crippen molar-refractivity contribution < 1.29 is 29.0 Å². The summed E-state index contributed by atoms with van der Waals surface area (Å²) in [4.78, 5) is 39.3. The molecule has 0 aromatic heterocycles. The molecule has 0 aliphatic rings. The molecule has 0 radical (unpaired) electrons. The van der Waals surface area contributed by atoms with E-state index in [4.69, 9.17) is 14.6 Å². The van der Waals surface area contributed by atoms with E-state index in [-0.39, 0.29) is 23.9 Å². The van der Waals surface area contributed by atoms with E-state index in [0.29, 0.717) is 11.5 Å². The molecule has 0 bridgehead atoms. The van der Waals surface area contributed by atoms with E-state index in [2.05, 4.69) is 10.6 Å². The number of nitrogens with one attached hydrogen (secondary N) is 2. The van der Waals surface area contributed by atoms with Crippen molar-refractivity contribution >= 4 is 17.8 Å². The van der Waals surface area contributed by atoms with Crippen molar-refractivity contribution in [2.75, 3.05) is 34.9 Å². The fraction of sp³-hybridized carbons (Fsp3) is 0.577. The largest absolute Gasteiger partial charge is 0.497 e. The quantitative estimate of drug-likeness (QED) is 0.407. The van der Waals surface area contributed by atoms with Gasteiger partial charge in [-0.05, 0) is 25.5 Å². The number of methoxy groups -OCH3 is 2. The number of aliphatic carboxylic acids is 1. The average molecular weight is 492 g/mol. The average Bonchev–Trinajstić information content (AvgIpc) is 2.78. The molecular formula is C26H41N3O6. The Kier molecular flexibility index (Phi) is 10.3.